The van der Waals surface area contributed by atoms with Gasteiger partial charge in [0.1, 0.15) is 5.02 Å². The minimum absolute atomic E-state index is 0.221. The van der Waals surface area contributed by atoms with Crippen molar-refractivity contribution in [1.82, 2.24) is 10.2 Å². The van der Waals surface area contributed by atoms with Crippen LogP contribution in [0.25, 0.3) is 0 Å². The summed E-state index contributed by atoms with van der Waals surface area (Å²) < 4.78 is 0. The molecular weight excluding hydrogens is 264 g/mol. The number of nitrogens with two attached hydrogens (primary N) is 1. The minimum atomic E-state index is -0.335. The van der Waals surface area contributed by atoms with Crippen molar-refractivity contribution in [3.05, 3.63) is 21.6 Å². The van der Waals surface area contributed by atoms with E-state index in [-0.39, 0.29) is 10.6 Å². The Balaban J connectivity index is 2.32. The van der Waals surface area contributed by atoms with Crippen molar-refractivity contribution in [1.29, 1.82) is 0 Å². The Kier molecular flexibility index (Phi) is 4.82. The second-order valence-electron chi connectivity index (χ2n) is 5.03. The van der Waals surface area contributed by atoms with Gasteiger partial charge in [0, 0.05) is 12.6 Å². The lowest BCUT2D eigenvalue weighted by Gasteiger charge is -2.40. The highest BCUT2D eigenvalue weighted by molar-refractivity contribution is 6.33. The van der Waals surface area contributed by atoms with Gasteiger partial charge in [-0.05, 0) is 32.2 Å². The van der Waals surface area contributed by atoms with E-state index in [1.54, 1.807) is 6.20 Å². The van der Waals surface area contributed by atoms with Gasteiger partial charge < -0.3 is 10.6 Å². The number of nitrogens with zero attached hydrogens (tertiary/aromatic N) is 2. The van der Waals surface area contributed by atoms with E-state index in [0.717, 1.165) is 25.1 Å². The molecule has 106 valence electrons. The first-order valence-corrected chi connectivity index (χ1v) is 7.26. The van der Waals surface area contributed by atoms with E-state index in [1.807, 2.05) is 0 Å². The zero-order valence-electron chi connectivity index (χ0n) is 11.2. The number of hydrogen-bond acceptors (Lipinski definition) is 4. The van der Waals surface area contributed by atoms with E-state index in [1.165, 1.54) is 12.8 Å². The largest absolute Gasteiger partial charge is 0.366 e. The molecule has 2 unspecified atom stereocenters. The summed E-state index contributed by atoms with van der Waals surface area (Å²) in [6.07, 6.45) is 6.31. The van der Waals surface area contributed by atoms with Crippen molar-refractivity contribution in [2.24, 2.45) is 11.7 Å². The molecule has 0 aromatic carbocycles. The number of H-pyrrole nitrogens is 1. The number of nitrogens with one attached hydrogen (secondary N) is 1. The summed E-state index contributed by atoms with van der Waals surface area (Å²) in [6, 6.07) is 0.352. The molecule has 1 saturated carbocycles. The van der Waals surface area contributed by atoms with Gasteiger partial charge in [-0.3, -0.25) is 4.79 Å². The second kappa shape index (κ2) is 6.39. The minimum Gasteiger partial charge on any atom is -0.366 e. The average molecular weight is 285 g/mol. The summed E-state index contributed by atoms with van der Waals surface area (Å²) in [6.45, 7) is 3.54. The third-order valence-corrected chi connectivity index (χ3v) is 4.36. The smallest absolute Gasteiger partial charge is 0.285 e. The SMILES string of the molecule is CCN(c1cn[nH]c(=O)c1Cl)C1CCCCC1CN. The van der Waals surface area contributed by atoms with Crippen molar-refractivity contribution < 1.29 is 0 Å². The maximum absolute atomic E-state index is 11.6. The van der Waals surface area contributed by atoms with Crippen molar-refractivity contribution in [2.45, 2.75) is 38.6 Å². The molecule has 1 aromatic heterocycles. The van der Waals surface area contributed by atoms with Crippen LogP contribution in [0, 0.1) is 5.92 Å². The maximum atomic E-state index is 11.6. The number of rotatable bonds is 4. The molecule has 1 fully saturated rings. The average Bonchev–Trinajstić information content (AvgIpc) is 2.45. The summed E-state index contributed by atoms with van der Waals surface area (Å²) in [5, 5.41) is 6.44. The Morgan fingerprint density at radius 1 is 1.53 bits per heavy atom. The van der Waals surface area contributed by atoms with Crippen LogP contribution in [0.2, 0.25) is 5.02 Å². The Labute approximate surface area is 118 Å². The zero-order valence-corrected chi connectivity index (χ0v) is 12.0. The predicted octanol–water partition coefficient (Wildman–Crippen LogP) is 1.77. The van der Waals surface area contributed by atoms with E-state index < -0.39 is 0 Å². The first-order valence-electron chi connectivity index (χ1n) is 6.89. The summed E-state index contributed by atoms with van der Waals surface area (Å²) in [4.78, 5) is 13.8. The molecular formula is C13H21ClN4O. The molecule has 1 aromatic rings. The summed E-state index contributed by atoms with van der Waals surface area (Å²) in [7, 11) is 0. The van der Waals surface area contributed by atoms with Gasteiger partial charge in [-0.15, -0.1) is 0 Å². The summed E-state index contributed by atoms with van der Waals surface area (Å²) >= 11 is 6.12. The molecule has 0 radical (unpaired) electrons. The molecule has 1 aliphatic rings. The van der Waals surface area contributed by atoms with E-state index >= 15 is 0 Å². The topological polar surface area (TPSA) is 75.0 Å². The van der Waals surface area contributed by atoms with Gasteiger partial charge in [0.05, 0.1) is 11.9 Å². The van der Waals surface area contributed by atoms with Crippen LogP contribution in [0.15, 0.2) is 11.0 Å². The lowest BCUT2D eigenvalue weighted by atomic mass is 9.83. The van der Waals surface area contributed by atoms with E-state index in [0.29, 0.717) is 18.5 Å². The van der Waals surface area contributed by atoms with E-state index in [4.69, 9.17) is 17.3 Å². The highest BCUT2D eigenvalue weighted by atomic mass is 35.5. The fraction of sp³-hybridized carbons (Fsp3) is 0.692. The van der Waals surface area contributed by atoms with Crippen LogP contribution >= 0.6 is 11.6 Å². The number of anilines is 1. The molecule has 2 rings (SSSR count). The molecule has 3 N–H and O–H groups in total. The molecule has 1 heterocycles. The molecule has 0 spiro atoms. The van der Waals surface area contributed by atoms with Gasteiger partial charge in [0.15, 0.2) is 0 Å². The predicted molar refractivity (Wildman–Crippen MR) is 77.7 cm³/mol. The van der Waals surface area contributed by atoms with Crippen LogP contribution in [-0.2, 0) is 0 Å². The van der Waals surface area contributed by atoms with Crippen LogP contribution in [0.3, 0.4) is 0 Å². The van der Waals surface area contributed by atoms with E-state index in [9.17, 15) is 4.79 Å². The monoisotopic (exact) mass is 284 g/mol. The zero-order chi connectivity index (χ0) is 13.8. The fourth-order valence-electron chi connectivity index (χ4n) is 3.03. The summed E-state index contributed by atoms with van der Waals surface area (Å²) in [5.41, 5.74) is 6.27. The Morgan fingerprint density at radius 3 is 2.95 bits per heavy atom. The van der Waals surface area contributed by atoms with Crippen molar-refractivity contribution >= 4 is 17.3 Å². The van der Waals surface area contributed by atoms with Gasteiger partial charge in [-0.2, -0.15) is 5.10 Å². The Hall–Kier alpha value is -1.07. The third-order valence-electron chi connectivity index (χ3n) is 4.00. The van der Waals surface area contributed by atoms with Crippen LogP contribution in [0.5, 0.6) is 0 Å². The first kappa shape index (κ1) is 14.3. The molecule has 5 nitrogen and oxygen atoms in total. The molecule has 1 aliphatic carbocycles. The Morgan fingerprint density at radius 2 is 2.26 bits per heavy atom. The van der Waals surface area contributed by atoms with Crippen LogP contribution < -0.4 is 16.2 Å². The van der Waals surface area contributed by atoms with Crippen molar-refractivity contribution in [2.75, 3.05) is 18.0 Å². The molecule has 0 amide bonds. The highest BCUT2D eigenvalue weighted by Gasteiger charge is 2.30. The van der Waals surface area contributed by atoms with Gasteiger partial charge in [-0.1, -0.05) is 24.4 Å². The standard InChI is InChI=1S/C13H21ClN4O/c1-2-18(10-6-4-3-5-9(10)7-15)11-8-16-17-13(19)12(11)14/h8-10H,2-7,15H2,1H3,(H,17,19). The lowest BCUT2D eigenvalue weighted by Crippen LogP contribution is -2.45. The number of aromatic amines is 1. The number of hydrogen-bond donors (Lipinski definition) is 2. The molecule has 0 aliphatic heterocycles. The molecule has 2 atom stereocenters. The van der Waals surface area contributed by atoms with Gasteiger partial charge >= 0.3 is 0 Å². The van der Waals surface area contributed by atoms with Crippen LogP contribution in [0.4, 0.5) is 5.69 Å². The molecule has 0 bridgehead atoms. The Bertz CT molecular complexity index is 476. The highest BCUT2D eigenvalue weighted by Crippen LogP contribution is 2.32. The first-order chi connectivity index (χ1) is 9.19. The molecule has 6 heteroatoms. The normalized spacial score (nSPS) is 23.3. The van der Waals surface area contributed by atoms with Crippen molar-refractivity contribution in [3.8, 4) is 0 Å². The van der Waals surface area contributed by atoms with Gasteiger partial charge in [-0.25, -0.2) is 5.10 Å². The lowest BCUT2D eigenvalue weighted by molar-refractivity contribution is 0.300. The van der Waals surface area contributed by atoms with E-state index in [2.05, 4.69) is 22.0 Å². The van der Waals surface area contributed by atoms with Gasteiger partial charge in [0.2, 0.25) is 0 Å². The summed E-state index contributed by atoms with van der Waals surface area (Å²) in [5.74, 6) is 0.462. The third kappa shape index (κ3) is 2.92. The number of aromatic nitrogens is 2. The van der Waals surface area contributed by atoms with Crippen molar-refractivity contribution in [3.63, 3.8) is 0 Å². The van der Waals surface area contributed by atoms with Gasteiger partial charge in [0.25, 0.3) is 5.56 Å². The number of halogens is 1. The quantitative estimate of drug-likeness (QED) is 0.883. The molecule has 19 heavy (non-hydrogen) atoms. The molecule has 0 saturated heterocycles. The second-order valence-corrected chi connectivity index (χ2v) is 5.41. The fourth-order valence-corrected chi connectivity index (χ4v) is 3.23. The van der Waals surface area contributed by atoms with Crippen LogP contribution in [-0.4, -0.2) is 29.3 Å². The van der Waals surface area contributed by atoms with Crippen LogP contribution in [0.1, 0.15) is 32.6 Å². The maximum Gasteiger partial charge on any atom is 0.285 e.